The van der Waals surface area contributed by atoms with Crippen LogP contribution in [0.1, 0.15) is 22.5 Å². The molecule has 11 heteroatoms. The molecule has 0 atom stereocenters. The van der Waals surface area contributed by atoms with Gasteiger partial charge in [-0.25, -0.2) is 4.39 Å². The number of halogens is 2. The van der Waals surface area contributed by atoms with Gasteiger partial charge in [-0.1, -0.05) is 40.2 Å². The Labute approximate surface area is 254 Å². The lowest BCUT2D eigenvalue weighted by Crippen LogP contribution is -2.28. The van der Waals surface area contributed by atoms with Crippen LogP contribution in [0.4, 0.5) is 10.1 Å². The Morgan fingerprint density at radius 1 is 1.10 bits per heavy atom. The number of ether oxygens (including phenoxy) is 1. The van der Waals surface area contributed by atoms with Crippen molar-refractivity contribution in [3.8, 4) is 5.75 Å². The summed E-state index contributed by atoms with van der Waals surface area (Å²) in [5.74, 6) is -0.0975. The predicted octanol–water partition coefficient (Wildman–Crippen LogP) is 7.01. The quantitative estimate of drug-likeness (QED) is 0.120. The van der Waals surface area contributed by atoms with E-state index in [-0.39, 0.29) is 19.1 Å². The van der Waals surface area contributed by atoms with Crippen LogP contribution in [-0.4, -0.2) is 34.7 Å². The van der Waals surface area contributed by atoms with Crippen LogP contribution in [0.5, 0.6) is 5.75 Å². The molecule has 212 valence electrons. The van der Waals surface area contributed by atoms with Crippen LogP contribution in [0.25, 0.3) is 6.08 Å². The number of hydrogen-bond acceptors (Lipinski definition) is 7. The molecule has 2 amide bonds. The molecule has 4 aromatic rings. The predicted molar refractivity (Wildman–Crippen MR) is 166 cm³/mol. The van der Waals surface area contributed by atoms with Crippen molar-refractivity contribution >= 4 is 62.7 Å². The fourth-order valence-electron chi connectivity index (χ4n) is 3.93. The second kappa shape index (κ2) is 13.5. The van der Waals surface area contributed by atoms with E-state index < -0.39 is 11.7 Å². The molecule has 0 bridgehead atoms. The van der Waals surface area contributed by atoms with Gasteiger partial charge in [0.2, 0.25) is 0 Å². The van der Waals surface area contributed by atoms with Gasteiger partial charge in [0.15, 0.2) is 11.8 Å². The van der Waals surface area contributed by atoms with E-state index in [4.69, 9.17) is 9.15 Å². The van der Waals surface area contributed by atoms with Gasteiger partial charge < -0.3 is 14.5 Å². The summed E-state index contributed by atoms with van der Waals surface area (Å²) >= 11 is 4.64. The summed E-state index contributed by atoms with van der Waals surface area (Å²) < 4.78 is 25.2. The van der Waals surface area contributed by atoms with E-state index in [1.165, 1.54) is 40.9 Å². The van der Waals surface area contributed by atoms with Gasteiger partial charge in [-0.05, 0) is 90.5 Å². The summed E-state index contributed by atoms with van der Waals surface area (Å²) in [6.45, 7) is 1.87. The molecule has 1 fully saturated rings. The van der Waals surface area contributed by atoms with Gasteiger partial charge >= 0.3 is 0 Å². The molecule has 0 unspecified atom stereocenters. The summed E-state index contributed by atoms with van der Waals surface area (Å²) in [6, 6.07) is 22.0. The fourth-order valence-corrected chi connectivity index (χ4v) is 5.24. The van der Waals surface area contributed by atoms with Crippen molar-refractivity contribution in [1.29, 1.82) is 0 Å². The number of aryl methyl sites for hydroxylation is 1. The van der Waals surface area contributed by atoms with Crippen molar-refractivity contribution in [2.24, 2.45) is 10.2 Å². The SMILES string of the molecule is Cc1ccccc1/C=N\N=C1\S/C(=C\c2cc(Br)ccc2OCC(=O)Nc2ccc(F)cc2)C(=O)N1Cc1ccco1. The zero-order valence-corrected chi connectivity index (χ0v) is 24.7. The van der Waals surface area contributed by atoms with E-state index in [0.29, 0.717) is 32.8 Å². The van der Waals surface area contributed by atoms with Crippen LogP contribution >= 0.6 is 27.7 Å². The highest BCUT2D eigenvalue weighted by Crippen LogP contribution is 2.36. The molecule has 42 heavy (non-hydrogen) atoms. The molecule has 1 aliphatic heterocycles. The largest absolute Gasteiger partial charge is 0.483 e. The second-order valence-corrected chi connectivity index (χ2v) is 11.0. The Balaban J connectivity index is 1.37. The van der Waals surface area contributed by atoms with Crippen molar-refractivity contribution in [3.63, 3.8) is 0 Å². The number of thioether (sulfide) groups is 1. The van der Waals surface area contributed by atoms with Crippen molar-refractivity contribution < 1.29 is 23.1 Å². The van der Waals surface area contributed by atoms with Crippen LogP contribution in [0.3, 0.4) is 0 Å². The lowest BCUT2D eigenvalue weighted by Gasteiger charge is -2.13. The summed E-state index contributed by atoms with van der Waals surface area (Å²) in [5, 5.41) is 11.7. The third kappa shape index (κ3) is 7.42. The number of carbonyl (C=O) groups is 2. The van der Waals surface area contributed by atoms with Crippen molar-refractivity contribution in [2.45, 2.75) is 13.5 Å². The molecule has 1 saturated heterocycles. The lowest BCUT2D eigenvalue weighted by atomic mass is 10.1. The van der Waals surface area contributed by atoms with E-state index in [0.717, 1.165) is 15.6 Å². The molecule has 0 saturated carbocycles. The first kappa shape index (κ1) is 29.0. The average Bonchev–Trinajstić information content (AvgIpc) is 3.59. The van der Waals surface area contributed by atoms with Gasteiger partial charge in [-0.15, -0.1) is 5.10 Å². The number of amides is 2. The van der Waals surface area contributed by atoms with Gasteiger partial charge in [0.25, 0.3) is 11.8 Å². The lowest BCUT2D eigenvalue weighted by molar-refractivity contribution is -0.122. The molecule has 1 N–H and O–H groups in total. The van der Waals surface area contributed by atoms with E-state index in [9.17, 15) is 14.0 Å². The van der Waals surface area contributed by atoms with Gasteiger partial charge in [-0.2, -0.15) is 5.10 Å². The maximum absolute atomic E-state index is 13.5. The molecular formula is C31H24BrFN4O4S. The van der Waals surface area contributed by atoms with Gasteiger partial charge in [-0.3, -0.25) is 14.5 Å². The number of nitrogens with zero attached hydrogens (tertiary/aromatic N) is 3. The number of anilines is 1. The number of furan rings is 1. The summed E-state index contributed by atoms with van der Waals surface area (Å²) in [6.07, 6.45) is 4.88. The van der Waals surface area contributed by atoms with Gasteiger partial charge in [0.05, 0.1) is 23.9 Å². The molecule has 1 aromatic heterocycles. The smallest absolute Gasteiger partial charge is 0.267 e. The molecule has 0 spiro atoms. The minimum absolute atomic E-state index is 0.181. The zero-order chi connectivity index (χ0) is 29.5. The van der Waals surface area contributed by atoms with Crippen molar-refractivity contribution in [3.05, 3.63) is 123 Å². The first-order chi connectivity index (χ1) is 20.4. The first-order valence-electron chi connectivity index (χ1n) is 12.7. The zero-order valence-electron chi connectivity index (χ0n) is 22.3. The highest BCUT2D eigenvalue weighted by molar-refractivity contribution is 9.10. The average molecular weight is 648 g/mol. The third-order valence-corrected chi connectivity index (χ3v) is 7.55. The topological polar surface area (TPSA) is 96.5 Å². The van der Waals surface area contributed by atoms with Gasteiger partial charge in [0, 0.05) is 15.7 Å². The van der Waals surface area contributed by atoms with Gasteiger partial charge in [0.1, 0.15) is 17.3 Å². The maximum Gasteiger partial charge on any atom is 0.267 e. The van der Waals surface area contributed by atoms with E-state index in [1.807, 2.05) is 31.2 Å². The number of amidine groups is 1. The van der Waals surface area contributed by atoms with Crippen LogP contribution in [-0.2, 0) is 16.1 Å². The molecular weight excluding hydrogens is 623 g/mol. The number of carbonyl (C=O) groups excluding carboxylic acids is 2. The van der Waals surface area contributed by atoms with Crippen molar-refractivity contribution in [1.82, 2.24) is 4.90 Å². The number of nitrogens with one attached hydrogen (secondary N) is 1. The first-order valence-corrected chi connectivity index (χ1v) is 14.3. The number of rotatable bonds is 9. The Hall–Kier alpha value is -4.48. The Morgan fingerprint density at radius 2 is 1.90 bits per heavy atom. The van der Waals surface area contributed by atoms with E-state index in [1.54, 1.807) is 48.9 Å². The molecule has 0 aliphatic carbocycles. The summed E-state index contributed by atoms with van der Waals surface area (Å²) in [7, 11) is 0. The molecule has 5 rings (SSSR count). The molecule has 8 nitrogen and oxygen atoms in total. The molecule has 0 radical (unpaired) electrons. The van der Waals surface area contributed by atoms with Crippen LogP contribution in [0.2, 0.25) is 0 Å². The Morgan fingerprint density at radius 3 is 2.67 bits per heavy atom. The van der Waals surface area contributed by atoms with Crippen LogP contribution in [0, 0.1) is 12.7 Å². The normalized spacial score (nSPS) is 15.2. The third-order valence-electron chi connectivity index (χ3n) is 6.06. The standard InChI is InChI=1S/C31H24BrFN4O4S/c1-20-5-2-3-6-21(20)17-34-36-31-37(18-26-7-4-14-40-26)30(39)28(42-31)16-22-15-23(32)8-13-27(22)41-19-29(38)35-25-11-9-24(33)10-12-25/h2-17H,18-19H2,1H3,(H,35,38)/b28-16-,34-17-,36-31+. The minimum Gasteiger partial charge on any atom is -0.483 e. The highest BCUT2D eigenvalue weighted by Gasteiger charge is 2.34. The minimum atomic E-state index is -0.417. The maximum atomic E-state index is 13.5. The Bertz CT molecular complexity index is 1690. The molecule has 3 aromatic carbocycles. The Kier molecular flexibility index (Phi) is 9.30. The highest BCUT2D eigenvalue weighted by atomic mass is 79.9. The molecule has 2 heterocycles. The fraction of sp³-hybridized carbons (Fsp3) is 0.0968. The van der Waals surface area contributed by atoms with E-state index in [2.05, 4.69) is 31.4 Å². The van der Waals surface area contributed by atoms with Crippen LogP contribution < -0.4 is 10.1 Å². The summed E-state index contributed by atoms with van der Waals surface area (Å²) in [4.78, 5) is 27.9. The van der Waals surface area contributed by atoms with Crippen LogP contribution in [0.15, 0.2) is 109 Å². The van der Waals surface area contributed by atoms with E-state index >= 15 is 0 Å². The number of benzene rings is 3. The monoisotopic (exact) mass is 646 g/mol. The summed E-state index contributed by atoms with van der Waals surface area (Å²) in [5.41, 5.74) is 3.00. The molecule has 1 aliphatic rings. The number of hydrogen-bond donors (Lipinski definition) is 1. The second-order valence-electron chi connectivity index (χ2n) is 9.09. The van der Waals surface area contributed by atoms with Crippen molar-refractivity contribution in [2.75, 3.05) is 11.9 Å².